The third-order valence-corrected chi connectivity index (χ3v) is 3.74. The molecule has 0 aliphatic carbocycles. The number of aromatic nitrogens is 2. The molecule has 2 rings (SSSR count). The van der Waals surface area contributed by atoms with E-state index in [9.17, 15) is 0 Å². The molecule has 0 bridgehead atoms. The van der Waals surface area contributed by atoms with Crippen LogP contribution in [-0.4, -0.2) is 23.4 Å². The molecule has 0 atom stereocenters. The average Bonchev–Trinajstić information content (AvgIpc) is 2.82. The van der Waals surface area contributed by atoms with Gasteiger partial charge >= 0.3 is 0 Å². The van der Waals surface area contributed by atoms with Crippen LogP contribution in [0.25, 0.3) is 5.69 Å². The molecule has 4 nitrogen and oxygen atoms in total. The van der Waals surface area contributed by atoms with Crippen LogP contribution in [0.2, 0.25) is 0 Å². The normalized spacial score (nSPS) is 11.6. The molecule has 0 aliphatic heterocycles. The van der Waals surface area contributed by atoms with Crippen LogP contribution in [0, 0.1) is 0 Å². The van der Waals surface area contributed by atoms with E-state index in [1.54, 1.807) is 7.11 Å². The van der Waals surface area contributed by atoms with Gasteiger partial charge in [-0.2, -0.15) is 5.10 Å². The molecule has 0 radical (unpaired) electrons. The van der Waals surface area contributed by atoms with Crippen molar-refractivity contribution in [2.24, 2.45) is 5.73 Å². The quantitative estimate of drug-likeness (QED) is 0.941. The Balaban J connectivity index is 2.38. The summed E-state index contributed by atoms with van der Waals surface area (Å²) in [5, 5.41) is 4.63. The number of nitrogens with two attached hydrogens (primary N) is 1. The van der Waals surface area contributed by atoms with Crippen molar-refractivity contribution >= 4 is 15.9 Å². The maximum atomic E-state index is 5.81. The topological polar surface area (TPSA) is 53.1 Å². The number of ether oxygens (including phenoxy) is 1. The Morgan fingerprint density at radius 1 is 1.32 bits per heavy atom. The standard InChI is InChI=1S/C14H18BrN3O/c1-14(2,9-16)13-12(15)8-18(17-13)10-4-6-11(19-3)7-5-10/h4-8H,9,16H2,1-3H3. The zero-order valence-electron chi connectivity index (χ0n) is 11.4. The molecule has 19 heavy (non-hydrogen) atoms. The van der Waals surface area contributed by atoms with Gasteiger partial charge in [0.05, 0.1) is 23.0 Å². The average molecular weight is 324 g/mol. The lowest BCUT2D eigenvalue weighted by Gasteiger charge is -2.20. The lowest BCUT2D eigenvalue weighted by Crippen LogP contribution is -2.29. The van der Waals surface area contributed by atoms with E-state index in [2.05, 4.69) is 34.9 Å². The number of hydrogen-bond donors (Lipinski definition) is 1. The van der Waals surface area contributed by atoms with Crippen LogP contribution in [0.5, 0.6) is 5.75 Å². The second kappa shape index (κ2) is 5.35. The molecule has 1 aromatic carbocycles. The van der Waals surface area contributed by atoms with E-state index in [1.807, 2.05) is 35.1 Å². The molecule has 0 unspecified atom stereocenters. The second-order valence-electron chi connectivity index (χ2n) is 5.06. The van der Waals surface area contributed by atoms with Crippen LogP contribution in [0.1, 0.15) is 19.5 Å². The van der Waals surface area contributed by atoms with Crippen molar-refractivity contribution in [1.29, 1.82) is 0 Å². The molecule has 2 N–H and O–H groups in total. The molecule has 0 spiro atoms. The molecule has 0 saturated carbocycles. The Bertz CT molecular complexity index is 561. The van der Waals surface area contributed by atoms with Gasteiger partial charge in [0.1, 0.15) is 5.75 Å². The summed E-state index contributed by atoms with van der Waals surface area (Å²) in [5.74, 6) is 0.831. The van der Waals surface area contributed by atoms with E-state index in [0.717, 1.165) is 21.6 Å². The van der Waals surface area contributed by atoms with Gasteiger partial charge in [-0.15, -0.1) is 0 Å². The molecule has 0 aliphatic rings. The lowest BCUT2D eigenvalue weighted by atomic mass is 9.90. The van der Waals surface area contributed by atoms with Gasteiger partial charge in [0.2, 0.25) is 0 Å². The maximum Gasteiger partial charge on any atom is 0.119 e. The van der Waals surface area contributed by atoms with Crippen molar-refractivity contribution in [1.82, 2.24) is 9.78 Å². The number of rotatable bonds is 4. The number of methoxy groups -OCH3 is 1. The molecule has 0 amide bonds. The van der Waals surface area contributed by atoms with E-state index < -0.39 is 0 Å². The summed E-state index contributed by atoms with van der Waals surface area (Å²) in [6.07, 6.45) is 1.95. The van der Waals surface area contributed by atoms with Crippen molar-refractivity contribution in [3.8, 4) is 11.4 Å². The number of halogens is 1. The van der Waals surface area contributed by atoms with Crippen molar-refractivity contribution in [3.05, 3.63) is 40.6 Å². The fourth-order valence-corrected chi connectivity index (χ4v) is 2.59. The summed E-state index contributed by atoms with van der Waals surface area (Å²) in [6.45, 7) is 4.71. The molecule has 0 saturated heterocycles. The van der Waals surface area contributed by atoms with Gasteiger partial charge in [-0.1, -0.05) is 13.8 Å². The summed E-state index contributed by atoms with van der Waals surface area (Å²) >= 11 is 3.56. The van der Waals surface area contributed by atoms with Gasteiger partial charge in [0.25, 0.3) is 0 Å². The molecule has 5 heteroatoms. The highest BCUT2D eigenvalue weighted by Gasteiger charge is 2.25. The second-order valence-corrected chi connectivity index (χ2v) is 5.91. The number of benzene rings is 1. The molecule has 0 fully saturated rings. The van der Waals surface area contributed by atoms with Gasteiger partial charge < -0.3 is 10.5 Å². The summed E-state index contributed by atoms with van der Waals surface area (Å²) in [5.41, 5.74) is 7.60. The van der Waals surface area contributed by atoms with Crippen LogP contribution in [-0.2, 0) is 5.41 Å². The Morgan fingerprint density at radius 3 is 2.47 bits per heavy atom. The van der Waals surface area contributed by atoms with Crippen molar-refractivity contribution in [3.63, 3.8) is 0 Å². The molecule has 2 aromatic rings. The number of hydrogen-bond acceptors (Lipinski definition) is 3. The van der Waals surface area contributed by atoms with Crippen LogP contribution < -0.4 is 10.5 Å². The van der Waals surface area contributed by atoms with Crippen LogP contribution in [0.3, 0.4) is 0 Å². The highest BCUT2D eigenvalue weighted by atomic mass is 79.9. The first-order chi connectivity index (χ1) is 8.97. The van der Waals surface area contributed by atoms with E-state index in [0.29, 0.717) is 6.54 Å². The predicted molar refractivity (Wildman–Crippen MR) is 79.9 cm³/mol. The first-order valence-electron chi connectivity index (χ1n) is 6.08. The van der Waals surface area contributed by atoms with Crippen LogP contribution >= 0.6 is 15.9 Å². The fraction of sp³-hybridized carbons (Fsp3) is 0.357. The highest BCUT2D eigenvalue weighted by Crippen LogP contribution is 2.29. The molecule has 1 heterocycles. The van der Waals surface area contributed by atoms with Crippen LogP contribution in [0.4, 0.5) is 0 Å². The summed E-state index contributed by atoms with van der Waals surface area (Å²) in [7, 11) is 1.65. The zero-order valence-corrected chi connectivity index (χ0v) is 12.9. The first-order valence-corrected chi connectivity index (χ1v) is 6.87. The minimum absolute atomic E-state index is 0.156. The van der Waals surface area contributed by atoms with Gasteiger partial charge in [0, 0.05) is 18.2 Å². The summed E-state index contributed by atoms with van der Waals surface area (Å²) in [6, 6.07) is 7.77. The first kappa shape index (κ1) is 14.1. The smallest absolute Gasteiger partial charge is 0.119 e. The van der Waals surface area contributed by atoms with Gasteiger partial charge in [-0.05, 0) is 40.2 Å². The Morgan fingerprint density at radius 2 is 1.95 bits per heavy atom. The molecule has 1 aromatic heterocycles. The molecule has 102 valence electrons. The molecular weight excluding hydrogens is 306 g/mol. The highest BCUT2D eigenvalue weighted by molar-refractivity contribution is 9.10. The monoisotopic (exact) mass is 323 g/mol. The van der Waals surface area contributed by atoms with Crippen molar-refractivity contribution in [2.45, 2.75) is 19.3 Å². The SMILES string of the molecule is COc1ccc(-n2cc(Br)c(C(C)(C)CN)n2)cc1. The Labute approximate surface area is 121 Å². The zero-order chi connectivity index (χ0) is 14.0. The largest absolute Gasteiger partial charge is 0.497 e. The molecular formula is C14H18BrN3O. The van der Waals surface area contributed by atoms with Gasteiger partial charge in [-0.25, -0.2) is 4.68 Å². The van der Waals surface area contributed by atoms with E-state index in [-0.39, 0.29) is 5.41 Å². The van der Waals surface area contributed by atoms with Gasteiger partial charge in [-0.3, -0.25) is 0 Å². The Kier molecular flexibility index (Phi) is 3.96. The fourth-order valence-electron chi connectivity index (χ4n) is 1.78. The third-order valence-electron chi connectivity index (χ3n) is 3.16. The van der Waals surface area contributed by atoms with E-state index in [4.69, 9.17) is 10.5 Å². The number of nitrogens with zero attached hydrogens (tertiary/aromatic N) is 2. The van der Waals surface area contributed by atoms with E-state index in [1.165, 1.54) is 0 Å². The van der Waals surface area contributed by atoms with Crippen molar-refractivity contribution in [2.75, 3.05) is 13.7 Å². The summed E-state index contributed by atoms with van der Waals surface area (Å²) < 4.78 is 7.96. The third kappa shape index (κ3) is 2.82. The Hall–Kier alpha value is -1.33. The van der Waals surface area contributed by atoms with Gasteiger partial charge in [0.15, 0.2) is 0 Å². The predicted octanol–water partition coefficient (Wildman–Crippen LogP) is 2.88. The van der Waals surface area contributed by atoms with Crippen molar-refractivity contribution < 1.29 is 4.74 Å². The van der Waals surface area contributed by atoms with E-state index >= 15 is 0 Å². The maximum absolute atomic E-state index is 5.81. The minimum Gasteiger partial charge on any atom is -0.497 e. The summed E-state index contributed by atoms with van der Waals surface area (Å²) in [4.78, 5) is 0. The van der Waals surface area contributed by atoms with Crippen LogP contribution in [0.15, 0.2) is 34.9 Å². The minimum atomic E-state index is -0.156. The lowest BCUT2D eigenvalue weighted by molar-refractivity contribution is 0.414.